The minimum absolute atomic E-state index is 0.0260. The van der Waals surface area contributed by atoms with Gasteiger partial charge in [0, 0.05) is 5.92 Å². The molecule has 1 heterocycles. The van der Waals surface area contributed by atoms with Gasteiger partial charge in [-0.2, -0.15) is 4.98 Å². The van der Waals surface area contributed by atoms with Crippen molar-refractivity contribution in [3.05, 3.63) is 70.6 Å². The molecule has 0 amide bonds. The van der Waals surface area contributed by atoms with E-state index in [9.17, 15) is 4.79 Å². The Hall–Kier alpha value is -2.62. The van der Waals surface area contributed by atoms with Crippen molar-refractivity contribution in [3.8, 4) is 6.08 Å². The molecule has 0 spiro atoms. The highest BCUT2D eigenvalue weighted by atomic mass is 16.6. The summed E-state index contributed by atoms with van der Waals surface area (Å²) in [4.78, 5) is 16.1. The summed E-state index contributed by atoms with van der Waals surface area (Å²) in [5.74, 6) is 0.236. The molecular formula is C18H17NO3. The van der Waals surface area contributed by atoms with E-state index in [1.807, 2.05) is 24.3 Å². The molecule has 0 fully saturated rings. The minimum atomic E-state index is -0.423. The van der Waals surface area contributed by atoms with E-state index in [0.29, 0.717) is 17.5 Å². The van der Waals surface area contributed by atoms with Crippen LogP contribution in [0.3, 0.4) is 0 Å². The molecule has 0 saturated carbocycles. The number of hydrogen-bond acceptors (Lipinski definition) is 4. The van der Waals surface area contributed by atoms with Crippen molar-refractivity contribution in [3.63, 3.8) is 0 Å². The highest BCUT2D eigenvalue weighted by Crippen LogP contribution is 2.20. The van der Waals surface area contributed by atoms with Crippen LogP contribution in [-0.2, 0) is 0 Å². The van der Waals surface area contributed by atoms with Gasteiger partial charge in [0.2, 0.25) is 0 Å². The molecule has 1 unspecified atom stereocenters. The lowest BCUT2D eigenvalue weighted by Crippen LogP contribution is -2.12. The molecule has 4 nitrogen and oxygen atoms in total. The van der Waals surface area contributed by atoms with E-state index in [-0.39, 0.29) is 12.0 Å². The van der Waals surface area contributed by atoms with Gasteiger partial charge in [-0.1, -0.05) is 49.4 Å². The van der Waals surface area contributed by atoms with Crippen LogP contribution in [0.15, 0.2) is 63.8 Å². The van der Waals surface area contributed by atoms with Crippen molar-refractivity contribution in [1.29, 1.82) is 0 Å². The summed E-state index contributed by atoms with van der Waals surface area (Å²) in [5, 5.41) is 0.463. The van der Waals surface area contributed by atoms with E-state index in [1.54, 1.807) is 18.2 Å². The number of hydrogen-bond donors (Lipinski definition) is 0. The fraction of sp³-hybridized carbons (Fsp3) is 0.222. The van der Waals surface area contributed by atoms with Crippen LogP contribution in [0.25, 0.3) is 10.9 Å². The summed E-state index contributed by atoms with van der Waals surface area (Å²) in [7, 11) is 0. The lowest BCUT2D eigenvalue weighted by molar-refractivity contribution is 0.200. The Morgan fingerprint density at radius 2 is 1.82 bits per heavy atom. The maximum absolute atomic E-state index is 11.9. The van der Waals surface area contributed by atoms with Gasteiger partial charge in [0.1, 0.15) is 0 Å². The monoisotopic (exact) mass is 295 g/mol. The molecule has 0 N–H and O–H groups in total. The predicted molar refractivity (Wildman–Crippen MR) is 85.2 cm³/mol. The van der Waals surface area contributed by atoms with E-state index in [1.165, 1.54) is 5.56 Å². The minimum Gasteiger partial charge on any atom is -0.449 e. The van der Waals surface area contributed by atoms with Crippen molar-refractivity contribution in [2.24, 2.45) is 0 Å². The van der Waals surface area contributed by atoms with Crippen LogP contribution >= 0.6 is 0 Å². The zero-order chi connectivity index (χ0) is 15.4. The summed E-state index contributed by atoms with van der Waals surface area (Å²) in [5.41, 5.74) is 1.36. The van der Waals surface area contributed by atoms with E-state index in [2.05, 4.69) is 24.0 Å². The molecule has 22 heavy (non-hydrogen) atoms. The number of para-hydroxylation sites is 1. The first-order valence-corrected chi connectivity index (χ1v) is 7.35. The maximum atomic E-state index is 11.9. The van der Waals surface area contributed by atoms with E-state index < -0.39 is 5.63 Å². The average molecular weight is 295 g/mol. The molecule has 1 aromatic heterocycles. The third kappa shape index (κ3) is 3.01. The zero-order valence-electron chi connectivity index (χ0n) is 12.4. The second-order valence-electron chi connectivity index (χ2n) is 5.11. The molecule has 4 heteroatoms. The van der Waals surface area contributed by atoms with Gasteiger partial charge in [-0.25, -0.2) is 4.79 Å². The lowest BCUT2D eigenvalue weighted by atomic mass is 9.98. The average Bonchev–Trinajstić information content (AvgIpc) is 2.56. The Morgan fingerprint density at radius 1 is 1.09 bits per heavy atom. The normalized spacial score (nSPS) is 12.2. The van der Waals surface area contributed by atoms with E-state index in [4.69, 9.17) is 9.15 Å². The van der Waals surface area contributed by atoms with Gasteiger partial charge in [0.05, 0.1) is 17.5 Å². The quantitative estimate of drug-likeness (QED) is 0.719. The van der Waals surface area contributed by atoms with Crippen LogP contribution in [0.5, 0.6) is 6.08 Å². The second kappa shape index (κ2) is 6.43. The summed E-state index contributed by atoms with van der Waals surface area (Å²) in [6, 6.07) is 17.2. The van der Waals surface area contributed by atoms with Gasteiger partial charge in [-0.05, 0) is 24.1 Å². The fourth-order valence-electron chi connectivity index (χ4n) is 2.41. The molecule has 112 valence electrons. The number of benzene rings is 2. The summed E-state index contributed by atoms with van der Waals surface area (Å²) >= 11 is 0. The molecule has 2 aromatic carbocycles. The third-order valence-electron chi connectivity index (χ3n) is 3.69. The smallest absolute Gasteiger partial charge is 0.397 e. The molecule has 0 radical (unpaired) electrons. The topological polar surface area (TPSA) is 52.3 Å². The summed E-state index contributed by atoms with van der Waals surface area (Å²) < 4.78 is 10.8. The maximum Gasteiger partial charge on any atom is 0.397 e. The number of aromatic nitrogens is 1. The van der Waals surface area contributed by atoms with Gasteiger partial charge in [0.15, 0.2) is 0 Å². The Labute approximate surface area is 128 Å². The first kappa shape index (κ1) is 14.3. The largest absolute Gasteiger partial charge is 0.449 e. The van der Waals surface area contributed by atoms with E-state index >= 15 is 0 Å². The molecule has 0 aliphatic carbocycles. The molecule has 0 saturated heterocycles. The molecule has 1 atom stereocenters. The van der Waals surface area contributed by atoms with Gasteiger partial charge in [-0.15, -0.1) is 0 Å². The van der Waals surface area contributed by atoms with Crippen molar-refractivity contribution in [1.82, 2.24) is 4.98 Å². The van der Waals surface area contributed by atoms with Crippen LogP contribution in [0, 0.1) is 0 Å². The van der Waals surface area contributed by atoms with Crippen LogP contribution in [0.1, 0.15) is 24.8 Å². The first-order valence-electron chi connectivity index (χ1n) is 7.35. The van der Waals surface area contributed by atoms with Crippen LogP contribution in [0.4, 0.5) is 0 Å². The summed E-state index contributed by atoms with van der Waals surface area (Å²) in [6.07, 6.45) is 0.958. The Morgan fingerprint density at radius 3 is 2.59 bits per heavy atom. The van der Waals surface area contributed by atoms with Crippen molar-refractivity contribution in [2.45, 2.75) is 19.3 Å². The number of ether oxygens (including phenoxy) is 1. The Bertz CT molecular complexity index is 811. The number of rotatable bonds is 5. The lowest BCUT2D eigenvalue weighted by Gasteiger charge is -2.15. The van der Waals surface area contributed by atoms with Gasteiger partial charge in [0.25, 0.3) is 0 Å². The standard InChI is InChI=1S/C18H17NO3/c1-2-13(14-8-4-3-5-9-14)12-21-18-19-16-11-7-6-10-15(16)17(20)22-18/h3-11,13H,2,12H2,1H3. The molecule has 0 bridgehead atoms. The van der Waals surface area contributed by atoms with Gasteiger partial charge < -0.3 is 9.15 Å². The number of nitrogens with zero attached hydrogens (tertiary/aromatic N) is 1. The molecular weight excluding hydrogens is 278 g/mol. The van der Waals surface area contributed by atoms with Gasteiger partial charge >= 0.3 is 11.7 Å². The van der Waals surface area contributed by atoms with Crippen LogP contribution in [-0.4, -0.2) is 11.6 Å². The molecule has 0 aliphatic heterocycles. The van der Waals surface area contributed by atoms with Crippen molar-refractivity contribution < 1.29 is 9.15 Å². The Balaban J connectivity index is 1.80. The van der Waals surface area contributed by atoms with E-state index in [0.717, 1.165) is 6.42 Å². The van der Waals surface area contributed by atoms with Gasteiger partial charge in [-0.3, -0.25) is 0 Å². The fourth-order valence-corrected chi connectivity index (χ4v) is 2.41. The SMILES string of the molecule is CCC(COc1nc2ccccc2c(=O)o1)c1ccccc1. The Kier molecular flexibility index (Phi) is 4.19. The molecule has 0 aliphatic rings. The number of fused-ring (bicyclic) bond motifs is 1. The molecule has 3 aromatic rings. The summed E-state index contributed by atoms with van der Waals surface area (Å²) in [6.45, 7) is 2.53. The van der Waals surface area contributed by atoms with Crippen molar-refractivity contribution in [2.75, 3.05) is 6.61 Å². The highest BCUT2D eigenvalue weighted by molar-refractivity contribution is 5.76. The molecule has 3 rings (SSSR count). The highest BCUT2D eigenvalue weighted by Gasteiger charge is 2.12. The predicted octanol–water partition coefficient (Wildman–Crippen LogP) is 3.76. The van der Waals surface area contributed by atoms with Crippen LogP contribution < -0.4 is 10.4 Å². The van der Waals surface area contributed by atoms with Crippen molar-refractivity contribution >= 4 is 10.9 Å². The third-order valence-corrected chi connectivity index (χ3v) is 3.69. The second-order valence-corrected chi connectivity index (χ2v) is 5.11. The van der Waals surface area contributed by atoms with Crippen LogP contribution in [0.2, 0.25) is 0 Å². The zero-order valence-corrected chi connectivity index (χ0v) is 12.4. The first-order chi connectivity index (χ1) is 10.8.